The van der Waals surface area contributed by atoms with Crippen LogP contribution < -0.4 is 0 Å². The van der Waals surface area contributed by atoms with Crippen LogP contribution in [0.25, 0.3) is 0 Å². The summed E-state index contributed by atoms with van der Waals surface area (Å²) in [4.78, 5) is 18.1. The third kappa shape index (κ3) is 2.55. The second kappa shape index (κ2) is 5.23. The fourth-order valence-electron chi connectivity index (χ4n) is 2.99. The Balaban J connectivity index is 1.94. The number of hydrogen-bond donors (Lipinski definition) is 1. The second-order valence-electron chi connectivity index (χ2n) is 5.30. The van der Waals surface area contributed by atoms with Crippen molar-refractivity contribution in [3.8, 4) is 0 Å². The van der Waals surface area contributed by atoms with Gasteiger partial charge in [-0.05, 0) is 32.4 Å². The zero-order valence-electron chi connectivity index (χ0n) is 10.8. The van der Waals surface area contributed by atoms with Crippen LogP contribution in [0.2, 0.25) is 0 Å². The van der Waals surface area contributed by atoms with Gasteiger partial charge in [0, 0.05) is 33.3 Å². The largest absolute Gasteiger partial charge is 0.396 e. The summed E-state index contributed by atoms with van der Waals surface area (Å²) in [7, 11) is 4.05. The predicted octanol–water partition coefficient (Wildman–Crippen LogP) is 0.0565. The first kappa shape index (κ1) is 12.6. The summed E-state index contributed by atoms with van der Waals surface area (Å²) in [5, 5.41) is 8.83. The van der Waals surface area contributed by atoms with Gasteiger partial charge in [0.2, 0.25) is 0 Å². The molecule has 2 fully saturated rings. The summed E-state index contributed by atoms with van der Waals surface area (Å²) in [6.07, 6.45) is 1.86. The van der Waals surface area contributed by atoms with E-state index >= 15 is 0 Å². The summed E-state index contributed by atoms with van der Waals surface area (Å²) < 4.78 is 0. The summed E-state index contributed by atoms with van der Waals surface area (Å²) in [5.41, 5.74) is 0. The molecule has 0 saturated carbocycles. The van der Waals surface area contributed by atoms with Gasteiger partial charge in [-0.1, -0.05) is 0 Å². The third-order valence-electron chi connectivity index (χ3n) is 4.04. The van der Waals surface area contributed by atoms with Gasteiger partial charge < -0.3 is 19.8 Å². The highest BCUT2D eigenvalue weighted by Crippen LogP contribution is 2.27. The van der Waals surface area contributed by atoms with Gasteiger partial charge in [0.1, 0.15) is 0 Å². The highest BCUT2D eigenvalue weighted by molar-refractivity contribution is 5.76. The monoisotopic (exact) mass is 241 g/mol. The first-order chi connectivity index (χ1) is 8.13. The van der Waals surface area contributed by atoms with E-state index in [2.05, 4.69) is 11.9 Å². The van der Waals surface area contributed by atoms with Crippen molar-refractivity contribution in [2.45, 2.75) is 18.9 Å². The van der Waals surface area contributed by atoms with Crippen LogP contribution in [0.5, 0.6) is 0 Å². The number of carbonyl (C=O) groups excluding carboxylic acids is 1. The molecule has 0 aromatic carbocycles. The van der Waals surface area contributed by atoms with Gasteiger partial charge in [-0.3, -0.25) is 0 Å². The Labute approximate surface area is 103 Å². The quantitative estimate of drug-likeness (QED) is 0.757. The van der Waals surface area contributed by atoms with Crippen LogP contribution >= 0.6 is 0 Å². The van der Waals surface area contributed by atoms with Gasteiger partial charge in [0.25, 0.3) is 0 Å². The van der Waals surface area contributed by atoms with E-state index in [-0.39, 0.29) is 12.6 Å². The number of urea groups is 1. The molecule has 0 radical (unpaired) electrons. The number of nitrogens with zero attached hydrogens (tertiary/aromatic N) is 3. The second-order valence-corrected chi connectivity index (χ2v) is 5.30. The van der Waals surface area contributed by atoms with E-state index in [0.29, 0.717) is 24.9 Å². The van der Waals surface area contributed by atoms with Crippen molar-refractivity contribution in [3.05, 3.63) is 0 Å². The van der Waals surface area contributed by atoms with Crippen LogP contribution in [0.15, 0.2) is 0 Å². The lowest BCUT2D eigenvalue weighted by Gasteiger charge is -2.23. The Hall–Kier alpha value is -0.810. The minimum atomic E-state index is 0.123. The zero-order chi connectivity index (χ0) is 12.4. The number of aliphatic hydroxyl groups excluding tert-OH is 1. The van der Waals surface area contributed by atoms with E-state index in [4.69, 9.17) is 5.11 Å². The molecule has 2 unspecified atom stereocenters. The number of amides is 2. The Morgan fingerprint density at radius 2 is 2.12 bits per heavy atom. The number of likely N-dealkylation sites (tertiary alicyclic amines) is 1. The lowest BCUT2D eigenvalue weighted by molar-refractivity contribution is 0.186. The van der Waals surface area contributed by atoms with E-state index < -0.39 is 0 Å². The smallest absolute Gasteiger partial charge is 0.320 e. The van der Waals surface area contributed by atoms with E-state index in [1.54, 1.807) is 0 Å². The SMILES string of the molecule is CN1CCC(C2CN(CCCO)C(=O)N2C)C1. The van der Waals surface area contributed by atoms with Gasteiger partial charge in [0.15, 0.2) is 0 Å². The molecule has 5 heteroatoms. The summed E-state index contributed by atoms with van der Waals surface area (Å²) in [5.74, 6) is 0.605. The van der Waals surface area contributed by atoms with Crippen molar-refractivity contribution in [2.24, 2.45) is 5.92 Å². The summed E-state index contributed by atoms with van der Waals surface area (Å²) >= 11 is 0. The fraction of sp³-hybridized carbons (Fsp3) is 0.917. The van der Waals surface area contributed by atoms with Crippen LogP contribution in [0.4, 0.5) is 4.79 Å². The number of aliphatic hydroxyl groups is 1. The third-order valence-corrected chi connectivity index (χ3v) is 4.04. The highest BCUT2D eigenvalue weighted by atomic mass is 16.3. The molecule has 98 valence electrons. The minimum Gasteiger partial charge on any atom is -0.396 e. The molecule has 0 bridgehead atoms. The van der Waals surface area contributed by atoms with Crippen LogP contribution in [0, 0.1) is 5.92 Å². The molecule has 2 aliphatic rings. The van der Waals surface area contributed by atoms with Crippen molar-refractivity contribution < 1.29 is 9.90 Å². The van der Waals surface area contributed by atoms with Crippen molar-refractivity contribution >= 4 is 6.03 Å². The number of carbonyl (C=O) groups is 1. The molecule has 2 rings (SSSR count). The molecule has 0 aromatic heterocycles. The maximum atomic E-state index is 12.0. The number of likely N-dealkylation sites (N-methyl/N-ethyl adjacent to an activating group) is 1. The lowest BCUT2D eigenvalue weighted by atomic mass is 9.99. The molecule has 2 aliphatic heterocycles. The topological polar surface area (TPSA) is 47.0 Å². The van der Waals surface area contributed by atoms with Crippen molar-refractivity contribution in [3.63, 3.8) is 0 Å². The first-order valence-corrected chi connectivity index (χ1v) is 6.44. The standard InChI is InChI=1S/C12H23N3O2/c1-13-6-4-10(8-13)11-9-15(5-3-7-16)12(17)14(11)2/h10-11,16H,3-9H2,1-2H3. The Kier molecular flexibility index (Phi) is 3.89. The van der Waals surface area contributed by atoms with Crippen molar-refractivity contribution in [1.82, 2.24) is 14.7 Å². The number of hydrogen-bond acceptors (Lipinski definition) is 3. The molecule has 2 saturated heterocycles. The molecular formula is C12H23N3O2. The van der Waals surface area contributed by atoms with E-state index in [9.17, 15) is 4.79 Å². The Morgan fingerprint density at radius 1 is 1.35 bits per heavy atom. The molecular weight excluding hydrogens is 218 g/mol. The molecule has 0 spiro atoms. The fourth-order valence-corrected chi connectivity index (χ4v) is 2.99. The first-order valence-electron chi connectivity index (χ1n) is 6.44. The van der Waals surface area contributed by atoms with Crippen molar-refractivity contribution in [1.29, 1.82) is 0 Å². The van der Waals surface area contributed by atoms with Crippen LogP contribution in [0.1, 0.15) is 12.8 Å². The van der Waals surface area contributed by atoms with E-state index in [1.165, 1.54) is 6.42 Å². The molecule has 17 heavy (non-hydrogen) atoms. The predicted molar refractivity (Wildman–Crippen MR) is 65.8 cm³/mol. The van der Waals surface area contributed by atoms with Gasteiger partial charge in [0.05, 0.1) is 6.04 Å². The van der Waals surface area contributed by atoms with Crippen LogP contribution in [-0.4, -0.2) is 78.8 Å². The molecule has 2 heterocycles. The normalized spacial score (nSPS) is 30.6. The maximum Gasteiger partial charge on any atom is 0.320 e. The van der Waals surface area contributed by atoms with Gasteiger partial charge in [-0.2, -0.15) is 0 Å². The Bertz CT molecular complexity index is 281. The molecule has 0 aliphatic carbocycles. The van der Waals surface area contributed by atoms with Gasteiger partial charge in [-0.25, -0.2) is 4.79 Å². The van der Waals surface area contributed by atoms with E-state index in [0.717, 1.165) is 19.6 Å². The maximum absolute atomic E-state index is 12.0. The van der Waals surface area contributed by atoms with Crippen LogP contribution in [-0.2, 0) is 0 Å². The van der Waals surface area contributed by atoms with Gasteiger partial charge >= 0.3 is 6.03 Å². The average molecular weight is 241 g/mol. The highest BCUT2D eigenvalue weighted by Gasteiger charge is 2.40. The minimum absolute atomic E-state index is 0.123. The van der Waals surface area contributed by atoms with E-state index in [1.807, 2.05) is 16.8 Å². The summed E-state index contributed by atoms with van der Waals surface area (Å²) in [6, 6.07) is 0.476. The Morgan fingerprint density at radius 3 is 2.71 bits per heavy atom. The van der Waals surface area contributed by atoms with Crippen LogP contribution in [0.3, 0.4) is 0 Å². The number of rotatable bonds is 4. The van der Waals surface area contributed by atoms with Crippen molar-refractivity contribution in [2.75, 3.05) is 46.9 Å². The molecule has 2 amide bonds. The zero-order valence-corrected chi connectivity index (χ0v) is 10.8. The summed E-state index contributed by atoms with van der Waals surface area (Å²) in [6.45, 7) is 3.90. The molecule has 1 N–H and O–H groups in total. The lowest BCUT2D eigenvalue weighted by Crippen LogP contribution is -2.37. The van der Waals surface area contributed by atoms with Gasteiger partial charge in [-0.15, -0.1) is 0 Å². The molecule has 5 nitrogen and oxygen atoms in total. The average Bonchev–Trinajstić information content (AvgIpc) is 2.84. The molecule has 0 aromatic rings. The molecule has 2 atom stereocenters.